The number of hydrogen-bond acceptors (Lipinski definition) is 13. The molecule has 0 bridgehead atoms. The molecule has 14 nitrogen and oxygen atoms in total. The van der Waals surface area contributed by atoms with Gasteiger partial charge in [-0.25, -0.2) is 0 Å². The molecular formula is C78H139NO13. The van der Waals surface area contributed by atoms with Gasteiger partial charge in [0.05, 0.1) is 32.0 Å². The Balaban J connectivity index is 1.59. The average molecular weight is 1300 g/mol. The molecule has 12 atom stereocenters. The molecule has 9 N–H and O–H groups in total. The first kappa shape index (κ1) is 85.3. The second-order valence-corrected chi connectivity index (χ2v) is 26.4. The Morgan fingerprint density at radius 2 is 0.761 bits per heavy atom. The van der Waals surface area contributed by atoms with Crippen molar-refractivity contribution < 1.29 is 64.6 Å². The summed E-state index contributed by atoms with van der Waals surface area (Å²) in [7, 11) is 0. The van der Waals surface area contributed by atoms with Gasteiger partial charge in [-0.05, 0) is 77.0 Å². The Morgan fingerprint density at radius 3 is 1.20 bits per heavy atom. The third-order valence-corrected chi connectivity index (χ3v) is 18.1. The van der Waals surface area contributed by atoms with Gasteiger partial charge in [0.25, 0.3) is 0 Å². The van der Waals surface area contributed by atoms with E-state index in [0.717, 1.165) is 64.2 Å². The Labute approximate surface area is 561 Å². The number of aliphatic hydroxyl groups is 8. The van der Waals surface area contributed by atoms with E-state index in [9.17, 15) is 45.6 Å². The maximum atomic E-state index is 13.3. The molecule has 534 valence electrons. The average Bonchev–Trinajstić information content (AvgIpc) is 1.05. The van der Waals surface area contributed by atoms with E-state index in [1.807, 2.05) is 6.08 Å². The van der Waals surface area contributed by atoms with E-state index in [-0.39, 0.29) is 18.9 Å². The highest BCUT2D eigenvalue weighted by Crippen LogP contribution is 2.30. The number of unbranched alkanes of at least 4 members (excludes halogenated alkanes) is 37. The van der Waals surface area contributed by atoms with Crippen LogP contribution in [0.3, 0.4) is 0 Å². The first-order valence-corrected chi connectivity index (χ1v) is 37.8. The lowest BCUT2D eigenvalue weighted by atomic mass is 9.97. The van der Waals surface area contributed by atoms with Crippen molar-refractivity contribution >= 4 is 5.91 Å². The molecule has 0 aromatic rings. The summed E-state index contributed by atoms with van der Waals surface area (Å²) in [4.78, 5) is 13.3. The quantitative estimate of drug-likeness (QED) is 0.0204. The van der Waals surface area contributed by atoms with E-state index in [2.05, 4.69) is 92.1 Å². The fourth-order valence-electron chi connectivity index (χ4n) is 12.1. The van der Waals surface area contributed by atoms with Crippen LogP contribution in [0, 0.1) is 0 Å². The Bertz CT molecular complexity index is 1870. The molecule has 2 saturated heterocycles. The van der Waals surface area contributed by atoms with E-state index >= 15 is 0 Å². The van der Waals surface area contributed by atoms with Gasteiger partial charge in [0.2, 0.25) is 5.91 Å². The van der Waals surface area contributed by atoms with Gasteiger partial charge in [0.1, 0.15) is 48.8 Å². The van der Waals surface area contributed by atoms with E-state index in [1.54, 1.807) is 6.08 Å². The van der Waals surface area contributed by atoms with Gasteiger partial charge in [0, 0.05) is 6.42 Å². The molecule has 2 aliphatic heterocycles. The first-order chi connectivity index (χ1) is 45.1. The highest BCUT2D eigenvalue weighted by molar-refractivity contribution is 5.76. The maximum absolute atomic E-state index is 13.3. The molecule has 2 rings (SSSR count). The van der Waals surface area contributed by atoms with E-state index in [1.165, 1.54) is 212 Å². The molecule has 1 amide bonds. The molecule has 92 heavy (non-hydrogen) atoms. The van der Waals surface area contributed by atoms with Gasteiger partial charge in [-0.1, -0.05) is 311 Å². The lowest BCUT2D eigenvalue weighted by Crippen LogP contribution is -2.65. The van der Waals surface area contributed by atoms with Gasteiger partial charge in [0.15, 0.2) is 12.6 Å². The summed E-state index contributed by atoms with van der Waals surface area (Å²) in [5, 5.41) is 87.5. The Morgan fingerprint density at radius 1 is 0.402 bits per heavy atom. The van der Waals surface area contributed by atoms with Crippen molar-refractivity contribution in [1.82, 2.24) is 5.32 Å². The van der Waals surface area contributed by atoms with Gasteiger partial charge in [-0.3, -0.25) is 4.79 Å². The molecule has 0 radical (unpaired) electrons. The summed E-state index contributed by atoms with van der Waals surface area (Å²) < 4.78 is 22.9. The third-order valence-electron chi connectivity index (χ3n) is 18.1. The predicted molar refractivity (Wildman–Crippen MR) is 378 cm³/mol. The van der Waals surface area contributed by atoms with Crippen LogP contribution in [0.25, 0.3) is 0 Å². The third kappa shape index (κ3) is 44.8. The molecule has 2 aliphatic rings. The number of carbonyl (C=O) groups is 1. The van der Waals surface area contributed by atoms with E-state index in [4.69, 9.17) is 18.9 Å². The predicted octanol–water partition coefficient (Wildman–Crippen LogP) is 16.4. The molecule has 0 saturated carbocycles. The minimum atomic E-state index is -1.79. The first-order valence-electron chi connectivity index (χ1n) is 37.8. The summed E-state index contributed by atoms with van der Waals surface area (Å²) in [6.45, 7) is 2.70. The van der Waals surface area contributed by atoms with Crippen molar-refractivity contribution in [3.05, 3.63) is 85.1 Å². The van der Waals surface area contributed by atoms with Crippen LogP contribution in [0.5, 0.6) is 0 Å². The Hall–Kier alpha value is -2.83. The maximum Gasteiger partial charge on any atom is 0.220 e. The van der Waals surface area contributed by atoms with E-state index in [0.29, 0.717) is 12.8 Å². The van der Waals surface area contributed by atoms with Crippen molar-refractivity contribution in [2.75, 3.05) is 19.8 Å². The van der Waals surface area contributed by atoms with Crippen LogP contribution in [-0.2, 0) is 23.7 Å². The van der Waals surface area contributed by atoms with Crippen molar-refractivity contribution in [2.45, 2.75) is 383 Å². The zero-order chi connectivity index (χ0) is 66.6. The monoisotopic (exact) mass is 1300 g/mol. The van der Waals surface area contributed by atoms with Crippen molar-refractivity contribution in [1.29, 1.82) is 0 Å². The SMILES string of the molecule is CC/C=C\C/C=C\C/C=C\C/C=C\C/C=C\CCCCCCCCCCCCCCCCCCCCCCCCCC(=O)NC(COC1OC(CO)C(OC2OC(CO)C(O)C(O)C2O)C(O)C1O)C(O)/C=C/CC/C=C/CCCCCCCCCCCCCCC. The highest BCUT2D eigenvalue weighted by Gasteiger charge is 2.51. The minimum absolute atomic E-state index is 0.245. The molecule has 0 aromatic carbocycles. The summed E-state index contributed by atoms with van der Waals surface area (Å²) in [5.41, 5.74) is 0. The molecule has 14 heteroatoms. The van der Waals surface area contributed by atoms with Crippen LogP contribution in [0.1, 0.15) is 309 Å². The zero-order valence-corrected chi connectivity index (χ0v) is 58.3. The van der Waals surface area contributed by atoms with Gasteiger partial charge >= 0.3 is 0 Å². The number of amides is 1. The van der Waals surface area contributed by atoms with Gasteiger partial charge in [-0.15, -0.1) is 0 Å². The molecule has 2 heterocycles. The molecule has 0 aromatic heterocycles. The fraction of sp³-hybridized carbons (Fsp3) is 0.808. The lowest BCUT2D eigenvalue weighted by Gasteiger charge is -2.46. The second-order valence-electron chi connectivity index (χ2n) is 26.4. The van der Waals surface area contributed by atoms with Crippen LogP contribution in [0.15, 0.2) is 85.1 Å². The fourth-order valence-corrected chi connectivity index (χ4v) is 12.1. The normalized spacial score (nSPS) is 23.2. The molecular weight excluding hydrogens is 1160 g/mol. The number of nitrogens with one attached hydrogen (secondary N) is 1. The largest absolute Gasteiger partial charge is 0.394 e. The number of ether oxygens (including phenoxy) is 4. The van der Waals surface area contributed by atoms with Crippen molar-refractivity contribution in [2.24, 2.45) is 0 Å². The smallest absolute Gasteiger partial charge is 0.220 e. The number of carbonyl (C=O) groups excluding carboxylic acids is 1. The van der Waals surface area contributed by atoms with Crippen LogP contribution in [0.4, 0.5) is 0 Å². The second kappa shape index (κ2) is 61.7. The van der Waals surface area contributed by atoms with Crippen LogP contribution < -0.4 is 5.32 Å². The number of aliphatic hydroxyl groups excluding tert-OH is 8. The lowest BCUT2D eigenvalue weighted by molar-refractivity contribution is -0.359. The number of rotatable bonds is 62. The standard InChI is InChI=1S/C78H139NO13/c1-3-5-7-9-11-13-15-17-19-21-23-24-25-26-27-28-29-30-31-32-33-34-35-36-37-38-39-40-41-42-44-46-48-50-52-54-56-58-60-62-70(83)79-66(67(82)61-59-57-55-53-51-49-47-45-43-22-20-18-16-14-12-10-8-6-4-2)65-89-77-75(88)73(86)76(69(64-81)91-77)92-78-74(87)72(85)71(84)68(63-80)90-78/h5,7,11,13,17,19,23-24,26-27,51,53,59,61,66-69,71-78,80-82,84-88H,3-4,6,8-10,12,14-16,18,20-22,25,28-50,52,54-58,60,62-65H2,1-2H3,(H,79,83)/b7-5-,13-11-,19-17-,24-23-,27-26-,53-51+,61-59+. The van der Waals surface area contributed by atoms with Crippen molar-refractivity contribution in [3.8, 4) is 0 Å². The van der Waals surface area contributed by atoms with Crippen LogP contribution in [-0.4, -0.2) is 140 Å². The molecule has 0 spiro atoms. The van der Waals surface area contributed by atoms with Crippen molar-refractivity contribution in [3.63, 3.8) is 0 Å². The highest BCUT2D eigenvalue weighted by atomic mass is 16.7. The van der Waals surface area contributed by atoms with Crippen LogP contribution in [0.2, 0.25) is 0 Å². The van der Waals surface area contributed by atoms with Gasteiger partial charge < -0.3 is 65.1 Å². The summed E-state index contributed by atoms with van der Waals surface area (Å²) >= 11 is 0. The van der Waals surface area contributed by atoms with E-state index < -0.39 is 86.8 Å². The number of allylic oxidation sites excluding steroid dienone is 13. The minimum Gasteiger partial charge on any atom is -0.394 e. The Kier molecular flexibility index (Phi) is 57.2. The molecule has 2 fully saturated rings. The summed E-state index contributed by atoms with van der Waals surface area (Å²) in [5.74, 6) is -0.245. The van der Waals surface area contributed by atoms with Gasteiger partial charge in [-0.2, -0.15) is 0 Å². The summed E-state index contributed by atoms with van der Waals surface area (Å²) in [6.07, 6.45) is 69.5. The molecule has 12 unspecified atom stereocenters. The zero-order valence-electron chi connectivity index (χ0n) is 58.3. The molecule has 0 aliphatic carbocycles. The topological polar surface area (TPSA) is 228 Å². The number of hydrogen-bond donors (Lipinski definition) is 9. The van der Waals surface area contributed by atoms with Crippen LogP contribution >= 0.6 is 0 Å². The summed E-state index contributed by atoms with van der Waals surface area (Å²) in [6, 6.07) is -0.934.